The molecule has 1 fully saturated rings. The number of halogens is 1. The molecule has 1 saturated heterocycles. The van der Waals surface area contributed by atoms with E-state index in [1.165, 1.54) is 0 Å². The fourth-order valence-electron chi connectivity index (χ4n) is 4.55. The smallest absolute Gasteiger partial charge is 0.220 e. The highest BCUT2D eigenvalue weighted by Gasteiger charge is 2.33. The number of piperazine rings is 1. The van der Waals surface area contributed by atoms with Gasteiger partial charge in [-0.05, 0) is 32.0 Å². The summed E-state index contributed by atoms with van der Waals surface area (Å²) in [4.78, 5) is 25.3. The van der Waals surface area contributed by atoms with Gasteiger partial charge >= 0.3 is 0 Å². The predicted octanol–water partition coefficient (Wildman–Crippen LogP) is 3.00. The summed E-state index contributed by atoms with van der Waals surface area (Å²) >= 11 is 6.16. The first-order valence-corrected chi connectivity index (χ1v) is 10.1. The van der Waals surface area contributed by atoms with Crippen molar-refractivity contribution in [1.29, 1.82) is 5.26 Å². The van der Waals surface area contributed by atoms with Gasteiger partial charge in [0.1, 0.15) is 17.7 Å². The number of fused-ring (bicyclic) bond motifs is 1. The highest BCUT2D eigenvalue weighted by atomic mass is 35.5. The van der Waals surface area contributed by atoms with E-state index in [2.05, 4.69) is 35.1 Å². The molecule has 29 heavy (non-hydrogen) atoms. The van der Waals surface area contributed by atoms with Crippen molar-refractivity contribution in [2.45, 2.75) is 38.8 Å². The van der Waals surface area contributed by atoms with Crippen molar-refractivity contribution in [1.82, 2.24) is 14.9 Å². The number of pyridine rings is 2. The third-order valence-corrected chi connectivity index (χ3v) is 5.91. The van der Waals surface area contributed by atoms with Crippen LogP contribution in [0.15, 0.2) is 24.4 Å². The second-order valence-electron chi connectivity index (χ2n) is 7.77. The van der Waals surface area contributed by atoms with Gasteiger partial charge in [0.2, 0.25) is 5.91 Å². The second kappa shape index (κ2) is 7.53. The Morgan fingerprint density at radius 1 is 1.31 bits per heavy atom. The molecule has 0 radical (unpaired) electrons. The number of aromatic nitrogens is 2. The molecule has 1 amide bonds. The van der Waals surface area contributed by atoms with Gasteiger partial charge in [-0.15, -0.1) is 0 Å². The lowest BCUT2D eigenvalue weighted by Gasteiger charge is -2.44. The number of carbonyl (C=O) groups excluding carboxylic acids is 1. The molecule has 2 aliphatic heterocycles. The van der Waals surface area contributed by atoms with E-state index in [4.69, 9.17) is 16.6 Å². The van der Waals surface area contributed by atoms with E-state index in [0.717, 1.165) is 22.9 Å². The molecule has 2 aliphatic rings. The maximum atomic E-state index is 12.0. The van der Waals surface area contributed by atoms with Gasteiger partial charge in [0, 0.05) is 56.3 Å². The Morgan fingerprint density at radius 3 is 2.69 bits per heavy atom. The van der Waals surface area contributed by atoms with Crippen LogP contribution in [0.3, 0.4) is 0 Å². The summed E-state index contributed by atoms with van der Waals surface area (Å²) < 4.78 is 0. The molecular formula is C21H23ClN6O. The lowest BCUT2D eigenvalue weighted by atomic mass is 9.95. The average Bonchev–Trinajstić information content (AvgIpc) is 3.09. The molecule has 1 unspecified atom stereocenters. The summed E-state index contributed by atoms with van der Waals surface area (Å²) in [5, 5.41) is 13.5. The Labute approximate surface area is 175 Å². The summed E-state index contributed by atoms with van der Waals surface area (Å²) in [5.41, 5.74) is 2.24. The monoisotopic (exact) mass is 410 g/mol. The first-order chi connectivity index (χ1) is 13.9. The lowest BCUT2D eigenvalue weighted by molar-refractivity contribution is -0.133. The maximum Gasteiger partial charge on any atom is 0.220 e. The van der Waals surface area contributed by atoms with Crippen LogP contribution < -0.4 is 10.2 Å². The molecule has 7 nitrogen and oxygen atoms in total. The van der Waals surface area contributed by atoms with Gasteiger partial charge in [-0.25, -0.2) is 9.97 Å². The molecule has 0 spiro atoms. The standard InChI is InChI=1S/C21H23ClN6O/c1-12-10-27(11-13(2)28(12)14(3)29)19-5-4-15(7-23)20(26-19)18-9-25-21-17(18)6-16(22)8-24-21/h4-6,8,12-13,18H,9-11H2,1-3H3,(H,24,25)/t12-,13+,18?. The van der Waals surface area contributed by atoms with Crippen LogP contribution >= 0.6 is 11.6 Å². The van der Waals surface area contributed by atoms with Gasteiger partial charge in [0.05, 0.1) is 16.3 Å². The zero-order valence-electron chi connectivity index (χ0n) is 16.7. The van der Waals surface area contributed by atoms with Crippen molar-refractivity contribution >= 4 is 29.1 Å². The molecule has 2 aromatic rings. The molecule has 3 atom stereocenters. The van der Waals surface area contributed by atoms with E-state index in [1.54, 1.807) is 13.1 Å². The van der Waals surface area contributed by atoms with Gasteiger partial charge in [-0.3, -0.25) is 4.79 Å². The summed E-state index contributed by atoms with van der Waals surface area (Å²) in [7, 11) is 0. The minimum atomic E-state index is -0.0841. The van der Waals surface area contributed by atoms with Crippen LogP contribution in [0, 0.1) is 11.3 Å². The van der Waals surface area contributed by atoms with Crippen LogP contribution in [0.2, 0.25) is 5.02 Å². The number of amides is 1. The van der Waals surface area contributed by atoms with E-state index in [1.807, 2.05) is 23.1 Å². The van der Waals surface area contributed by atoms with Crippen LogP contribution in [0.4, 0.5) is 11.6 Å². The Kier molecular flexibility index (Phi) is 5.05. The zero-order chi connectivity index (χ0) is 20.7. The minimum Gasteiger partial charge on any atom is -0.369 e. The summed E-state index contributed by atoms with van der Waals surface area (Å²) in [5.74, 6) is 1.62. The Balaban J connectivity index is 1.69. The largest absolute Gasteiger partial charge is 0.369 e. The van der Waals surface area contributed by atoms with Crippen LogP contribution in [0.1, 0.15) is 43.5 Å². The Morgan fingerprint density at radius 2 is 2.03 bits per heavy atom. The molecule has 0 saturated carbocycles. The van der Waals surface area contributed by atoms with Crippen LogP contribution in [0.5, 0.6) is 0 Å². The first kappa shape index (κ1) is 19.5. The number of nitrogens with zero attached hydrogens (tertiary/aromatic N) is 5. The number of rotatable bonds is 2. The fraction of sp³-hybridized carbons (Fsp3) is 0.429. The van der Waals surface area contributed by atoms with Crippen molar-refractivity contribution in [2.75, 3.05) is 29.9 Å². The number of hydrogen-bond donors (Lipinski definition) is 1. The van der Waals surface area contributed by atoms with E-state index < -0.39 is 0 Å². The zero-order valence-corrected chi connectivity index (χ0v) is 17.4. The third-order valence-electron chi connectivity index (χ3n) is 5.70. The minimum absolute atomic E-state index is 0.0841. The van der Waals surface area contributed by atoms with Gasteiger partial charge in [-0.2, -0.15) is 5.26 Å². The van der Waals surface area contributed by atoms with Crippen LogP contribution in [0.25, 0.3) is 0 Å². The van der Waals surface area contributed by atoms with Gasteiger partial charge in [0.25, 0.3) is 0 Å². The average molecular weight is 411 g/mol. The van der Waals surface area contributed by atoms with Crippen molar-refractivity contribution in [3.05, 3.63) is 46.2 Å². The molecule has 0 aliphatic carbocycles. The van der Waals surface area contributed by atoms with Gasteiger partial charge in [0.15, 0.2) is 0 Å². The lowest BCUT2D eigenvalue weighted by Crippen LogP contribution is -2.58. The van der Waals surface area contributed by atoms with E-state index in [-0.39, 0.29) is 23.9 Å². The molecule has 0 aromatic carbocycles. The molecular weight excluding hydrogens is 388 g/mol. The summed E-state index contributed by atoms with van der Waals surface area (Å²) in [6, 6.07) is 8.07. The number of carbonyl (C=O) groups is 1. The van der Waals surface area contributed by atoms with Gasteiger partial charge < -0.3 is 15.1 Å². The molecule has 8 heteroatoms. The topological polar surface area (TPSA) is 85.2 Å². The van der Waals surface area contributed by atoms with Crippen LogP contribution in [-0.2, 0) is 4.79 Å². The quantitative estimate of drug-likeness (QED) is 0.819. The van der Waals surface area contributed by atoms with Crippen molar-refractivity contribution in [2.24, 2.45) is 0 Å². The predicted molar refractivity (Wildman–Crippen MR) is 112 cm³/mol. The molecule has 2 aromatic heterocycles. The number of hydrogen-bond acceptors (Lipinski definition) is 6. The maximum absolute atomic E-state index is 12.0. The third kappa shape index (κ3) is 3.49. The SMILES string of the molecule is CC(=O)N1[C@H](C)CN(c2ccc(C#N)c(C3CNc4ncc(Cl)cc43)n2)C[C@@H]1C. The van der Waals surface area contributed by atoms with Crippen molar-refractivity contribution < 1.29 is 4.79 Å². The number of nitriles is 1. The molecule has 150 valence electrons. The van der Waals surface area contributed by atoms with Crippen LogP contribution in [-0.4, -0.2) is 52.5 Å². The molecule has 4 heterocycles. The Bertz CT molecular complexity index is 991. The van der Waals surface area contributed by atoms with E-state index in [0.29, 0.717) is 30.2 Å². The normalized spacial score (nSPS) is 23.3. The van der Waals surface area contributed by atoms with E-state index in [9.17, 15) is 10.1 Å². The fourth-order valence-corrected chi connectivity index (χ4v) is 4.72. The highest BCUT2D eigenvalue weighted by Crippen LogP contribution is 2.37. The summed E-state index contributed by atoms with van der Waals surface area (Å²) in [6.07, 6.45) is 1.61. The van der Waals surface area contributed by atoms with Gasteiger partial charge in [-0.1, -0.05) is 11.6 Å². The van der Waals surface area contributed by atoms with Crippen molar-refractivity contribution in [3.63, 3.8) is 0 Å². The molecule has 0 bridgehead atoms. The summed E-state index contributed by atoms with van der Waals surface area (Å²) in [6.45, 7) is 7.76. The molecule has 1 N–H and O–H groups in total. The highest BCUT2D eigenvalue weighted by molar-refractivity contribution is 6.30. The van der Waals surface area contributed by atoms with Crippen molar-refractivity contribution in [3.8, 4) is 6.07 Å². The second-order valence-corrected chi connectivity index (χ2v) is 8.20. The number of anilines is 2. The molecule has 4 rings (SSSR count). The van der Waals surface area contributed by atoms with E-state index >= 15 is 0 Å². The number of nitrogens with one attached hydrogen (secondary N) is 1. The first-order valence-electron chi connectivity index (χ1n) is 9.73. The Hall–Kier alpha value is -2.85.